The van der Waals surface area contributed by atoms with E-state index in [1.165, 1.54) is 12.1 Å². The van der Waals surface area contributed by atoms with Crippen molar-refractivity contribution in [1.29, 1.82) is 0 Å². The average molecular weight is 484 g/mol. The summed E-state index contributed by atoms with van der Waals surface area (Å²) < 4.78 is 25.4. The van der Waals surface area contributed by atoms with Crippen molar-refractivity contribution in [2.75, 3.05) is 38.2 Å². The van der Waals surface area contributed by atoms with E-state index in [9.17, 15) is 9.18 Å². The van der Waals surface area contributed by atoms with Gasteiger partial charge in [-0.25, -0.2) is 19.3 Å². The molecule has 1 aromatic carbocycles. The monoisotopic (exact) mass is 483 g/mol. The molecule has 3 heterocycles. The minimum Gasteiger partial charge on any atom is -0.354 e. The van der Waals surface area contributed by atoms with Crippen LogP contribution in [-0.4, -0.2) is 58.7 Å². The molecule has 1 aliphatic heterocycles. The second kappa shape index (κ2) is 10.9. The standard InChI is InChI=1S/C24H30FN7O3/c1-3-10-28-23-29-11-8-17(30-23)19-18(15-4-6-16(25)7-5-15)31-20(32-19)21-34-13-24(2,14-35-21)22(33)27-12-9-26/h4-8,11,21H,3,9-10,12-14,26H2,1-2H3,(H,27,33)(H,31,32)(H,28,29,30). The summed E-state index contributed by atoms with van der Waals surface area (Å²) in [5.74, 6) is 0.396. The van der Waals surface area contributed by atoms with E-state index in [0.29, 0.717) is 47.5 Å². The van der Waals surface area contributed by atoms with Crippen LogP contribution in [-0.2, 0) is 14.3 Å². The number of rotatable bonds is 9. The lowest BCUT2D eigenvalue weighted by Crippen LogP contribution is -2.49. The summed E-state index contributed by atoms with van der Waals surface area (Å²) in [6.07, 6.45) is 1.79. The summed E-state index contributed by atoms with van der Waals surface area (Å²) in [7, 11) is 0. The molecule has 11 heteroatoms. The van der Waals surface area contributed by atoms with E-state index < -0.39 is 11.7 Å². The summed E-state index contributed by atoms with van der Waals surface area (Å²) in [5.41, 5.74) is 7.14. The van der Waals surface area contributed by atoms with Gasteiger partial charge in [-0.3, -0.25) is 4.79 Å². The lowest BCUT2D eigenvalue weighted by molar-refractivity contribution is -0.231. The number of hydrogen-bond donors (Lipinski definition) is 4. The van der Waals surface area contributed by atoms with Crippen molar-refractivity contribution in [3.63, 3.8) is 0 Å². The Balaban J connectivity index is 1.62. The first kappa shape index (κ1) is 24.7. The normalized spacial score (nSPS) is 19.9. The Bertz CT molecular complexity index is 1140. The van der Waals surface area contributed by atoms with Gasteiger partial charge in [-0.15, -0.1) is 0 Å². The van der Waals surface area contributed by atoms with Gasteiger partial charge in [-0.2, -0.15) is 0 Å². The SMILES string of the molecule is CCCNc1nccc(-c2[nH]c(C3OCC(C)(C(=O)NCCN)CO3)nc2-c2ccc(F)cc2)n1. The van der Waals surface area contributed by atoms with E-state index in [1.54, 1.807) is 31.3 Å². The first-order chi connectivity index (χ1) is 16.9. The molecule has 2 aromatic heterocycles. The average Bonchev–Trinajstić information content (AvgIpc) is 3.32. The van der Waals surface area contributed by atoms with Crippen LogP contribution in [0.4, 0.5) is 10.3 Å². The zero-order chi connectivity index (χ0) is 24.8. The van der Waals surface area contributed by atoms with E-state index in [2.05, 4.69) is 32.5 Å². The highest BCUT2D eigenvalue weighted by atomic mass is 19.1. The van der Waals surface area contributed by atoms with Crippen LogP contribution in [0.2, 0.25) is 0 Å². The van der Waals surface area contributed by atoms with Gasteiger partial charge in [-0.1, -0.05) is 6.92 Å². The van der Waals surface area contributed by atoms with Crippen molar-refractivity contribution in [3.05, 3.63) is 48.2 Å². The number of H-pyrrole nitrogens is 1. The molecule has 5 N–H and O–H groups in total. The number of carbonyl (C=O) groups is 1. The maximum atomic E-state index is 13.6. The molecule has 10 nitrogen and oxygen atoms in total. The van der Waals surface area contributed by atoms with Crippen molar-refractivity contribution >= 4 is 11.9 Å². The zero-order valence-corrected chi connectivity index (χ0v) is 19.8. The van der Waals surface area contributed by atoms with Gasteiger partial charge >= 0.3 is 0 Å². The molecular formula is C24H30FN7O3. The molecule has 3 aromatic rings. The molecule has 35 heavy (non-hydrogen) atoms. The quantitative estimate of drug-likeness (QED) is 0.364. The summed E-state index contributed by atoms with van der Waals surface area (Å²) in [4.78, 5) is 29.3. The Morgan fingerprint density at radius 2 is 1.94 bits per heavy atom. The van der Waals surface area contributed by atoms with Crippen molar-refractivity contribution in [1.82, 2.24) is 25.3 Å². The topological polar surface area (TPSA) is 140 Å². The third kappa shape index (κ3) is 5.64. The lowest BCUT2D eigenvalue weighted by atomic mass is 9.91. The number of amides is 1. The van der Waals surface area contributed by atoms with E-state index in [0.717, 1.165) is 13.0 Å². The molecule has 0 saturated carbocycles. The number of benzene rings is 1. The van der Waals surface area contributed by atoms with Crippen molar-refractivity contribution in [2.24, 2.45) is 11.1 Å². The van der Waals surface area contributed by atoms with Crippen LogP contribution in [0.5, 0.6) is 0 Å². The highest BCUT2D eigenvalue weighted by Crippen LogP contribution is 2.35. The first-order valence-corrected chi connectivity index (χ1v) is 11.6. The molecule has 1 amide bonds. The predicted octanol–water partition coefficient (Wildman–Crippen LogP) is 2.62. The third-order valence-electron chi connectivity index (χ3n) is 5.59. The van der Waals surface area contributed by atoms with Crippen LogP contribution >= 0.6 is 0 Å². The molecule has 0 unspecified atom stereocenters. The summed E-state index contributed by atoms with van der Waals surface area (Å²) in [5, 5.41) is 5.95. The van der Waals surface area contributed by atoms with Gasteiger partial charge in [0.15, 0.2) is 5.82 Å². The number of nitrogens with one attached hydrogen (secondary N) is 3. The van der Waals surface area contributed by atoms with Crippen LogP contribution in [0, 0.1) is 11.2 Å². The van der Waals surface area contributed by atoms with Crippen LogP contribution < -0.4 is 16.4 Å². The second-order valence-electron chi connectivity index (χ2n) is 8.60. The Kier molecular flexibility index (Phi) is 7.69. The number of anilines is 1. The summed E-state index contributed by atoms with van der Waals surface area (Å²) >= 11 is 0. The second-order valence-corrected chi connectivity index (χ2v) is 8.60. The van der Waals surface area contributed by atoms with Crippen molar-refractivity contribution in [2.45, 2.75) is 26.6 Å². The Morgan fingerprint density at radius 1 is 1.20 bits per heavy atom. The van der Waals surface area contributed by atoms with Gasteiger partial charge in [-0.05, 0) is 43.7 Å². The van der Waals surface area contributed by atoms with Crippen LogP contribution in [0.25, 0.3) is 22.6 Å². The Labute approximate surface area is 202 Å². The van der Waals surface area contributed by atoms with E-state index in [-0.39, 0.29) is 24.9 Å². The van der Waals surface area contributed by atoms with Gasteiger partial charge in [0.1, 0.15) is 5.82 Å². The number of aromatic nitrogens is 4. The molecule has 0 spiro atoms. The maximum Gasteiger partial charge on any atom is 0.230 e. The van der Waals surface area contributed by atoms with Gasteiger partial charge in [0.2, 0.25) is 18.1 Å². The number of hydrogen-bond acceptors (Lipinski definition) is 8. The Hall–Kier alpha value is -3.41. The van der Waals surface area contributed by atoms with Gasteiger partial charge < -0.3 is 30.8 Å². The molecule has 0 atom stereocenters. The summed E-state index contributed by atoms with van der Waals surface area (Å²) in [6.45, 7) is 5.60. The van der Waals surface area contributed by atoms with Crippen LogP contribution in [0.15, 0.2) is 36.5 Å². The molecule has 1 aliphatic rings. The zero-order valence-electron chi connectivity index (χ0n) is 19.8. The molecule has 1 fully saturated rings. The first-order valence-electron chi connectivity index (χ1n) is 11.6. The fourth-order valence-corrected chi connectivity index (χ4v) is 3.62. The summed E-state index contributed by atoms with van der Waals surface area (Å²) in [6, 6.07) is 7.82. The fraction of sp³-hybridized carbons (Fsp3) is 0.417. The number of halogens is 1. The highest BCUT2D eigenvalue weighted by molar-refractivity contribution is 5.82. The molecule has 0 bridgehead atoms. The maximum absolute atomic E-state index is 13.6. The smallest absolute Gasteiger partial charge is 0.230 e. The number of nitrogens with two attached hydrogens (primary N) is 1. The highest BCUT2D eigenvalue weighted by Gasteiger charge is 2.40. The largest absolute Gasteiger partial charge is 0.354 e. The molecule has 0 aliphatic carbocycles. The van der Waals surface area contributed by atoms with Gasteiger partial charge in [0.25, 0.3) is 0 Å². The predicted molar refractivity (Wildman–Crippen MR) is 129 cm³/mol. The Morgan fingerprint density at radius 3 is 2.63 bits per heavy atom. The number of carbonyl (C=O) groups excluding carboxylic acids is 1. The van der Waals surface area contributed by atoms with E-state index >= 15 is 0 Å². The van der Waals surface area contributed by atoms with Gasteiger partial charge in [0, 0.05) is 31.4 Å². The molecule has 4 rings (SSSR count). The van der Waals surface area contributed by atoms with E-state index in [1.807, 2.05) is 0 Å². The third-order valence-corrected chi connectivity index (χ3v) is 5.59. The number of aromatic amines is 1. The number of imidazole rings is 1. The lowest BCUT2D eigenvalue weighted by Gasteiger charge is -2.35. The van der Waals surface area contributed by atoms with Crippen LogP contribution in [0.3, 0.4) is 0 Å². The minimum atomic E-state index is -0.840. The number of ether oxygens (including phenoxy) is 2. The molecule has 1 saturated heterocycles. The molecule has 0 radical (unpaired) electrons. The fourth-order valence-electron chi connectivity index (χ4n) is 3.62. The molecule has 186 valence electrons. The van der Waals surface area contributed by atoms with E-state index in [4.69, 9.17) is 20.2 Å². The van der Waals surface area contributed by atoms with Crippen molar-refractivity contribution < 1.29 is 18.7 Å². The minimum absolute atomic E-state index is 0.147. The molecular weight excluding hydrogens is 453 g/mol. The number of nitrogens with zero attached hydrogens (tertiary/aromatic N) is 3. The van der Waals surface area contributed by atoms with Crippen LogP contribution in [0.1, 0.15) is 32.4 Å². The van der Waals surface area contributed by atoms with Crippen molar-refractivity contribution in [3.8, 4) is 22.6 Å². The van der Waals surface area contributed by atoms with Gasteiger partial charge in [0.05, 0.1) is 35.7 Å².